The van der Waals surface area contributed by atoms with Gasteiger partial charge in [-0.1, -0.05) is 63.4 Å². The van der Waals surface area contributed by atoms with Gasteiger partial charge in [0.05, 0.1) is 0 Å². The third-order valence-corrected chi connectivity index (χ3v) is 6.57. The minimum Gasteiger partial charge on any atom is -0.507 e. The fourth-order valence-corrected chi connectivity index (χ4v) is 4.38. The number of rotatable bonds is 15. The van der Waals surface area contributed by atoms with Crippen LogP contribution in [0.2, 0.25) is 0 Å². The van der Waals surface area contributed by atoms with E-state index in [9.17, 15) is 15.0 Å². The smallest absolute Gasteiger partial charge is 0.224 e. The molecule has 0 fully saturated rings. The molecule has 0 spiro atoms. The van der Waals surface area contributed by atoms with Gasteiger partial charge in [-0.25, -0.2) is 0 Å². The number of aliphatic imine (C=N–C) groups is 1. The quantitative estimate of drug-likeness (QED) is 0.0774. The fourth-order valence-electron chi connectivity index (χ4n) is 4.38. The predicted octanol–water partition coefficient (Wildman–Crippen LogP) is 7.40. The molecule has 209 valence electrons. The second kappa shape index (κ2) is 16.9. The zero-order valence-corrected chi connectivity index (χ0v) is 23.5. The van der Waals surface area contributed by atoms with E-state index in [0.29, 0.717) is 23.4 Å². The first-order chi connectivity index (χ1) is 18.0. The molecule has 3 rings (SSSR count). The van der Waals surface area contributed by atoms with E-state index in [1.54, 1.807) is 24.4 Å². The van der Waals surface area contributed by atoms with Gasteiger partial charge in [0.2, 0.25) is 5.91 Å². The number of anilines is 1. The number of aromatic hydroxyl groups is 2. The van der Waals surface area contributed by atoms with Gasteiger partial charge in [0.25, 0.3) is 0 Å². The molecular formula is C31H41CuN3O3. The van der Waals surface area contributed by atoms with Gasteiger partial charge in [0, 0.05) is 41.0 Å². The van der Waals surface area contributed by atoms with Gasteiger partial charge in [-0.05, 0) is 80.4 Å². The first kappa shape index (κ1) is 31.4. The van der Waals surface area contributed by atoms with Gasteiger partial charge in [-0.15, -0.1) is 0 Å². The number of phenols is 2. The number of fused-ring (bicyclic) bond motifs is 1. The average Bonchev–Trinajstić information content (AvgIpc) is 2.90. The standard InChI is InChI=1S/C31H41N3O3.Cu/c1-3-5-19-34(20-6-4-2)21-11-7-8-14-31(37)33-25-16-18-30(36)28(22-25)32-23-27-26-13-10-9-12-24(26)15-17-29(27)35;/h9-10,12-13,15-18,22-23,35-36H,3-8,11,14,19-21H2,1-2H3,(H,33,37);. The molecule has 0 unspecified atom stereocenters. The number of amides is 1. The SMILES string of the molecule is CCCCN(CCCC)CCCCCC(=O)Nc1ccc(O)c(N=Cc2c(O)ccc3ccccc23)c1.[Cu]. The van der Waals surface area contributed by atoms with E-state index < -0.39 is 0 Å². The first-order valence-electron chi connectivity index (χ1n) is 13.6. The Morgan fingerprint density at radius 2 is 1.55 bits per heavy atom. The van der Waals surface area contributed by atoms with Crippen LogP contribution in [0, 0.1) is 0 Å². The molecule has 0 saturated carbocycles. The summed E-state index contributed by atoms with van der Waals surface area (Å²) in [4.78, 5) is 19.5. The number of nitrogens with zero attached hydrogens (tertiary/aromatic N) is 2. The Balaban J connectivity index is 0.00000507. The van der Waals surface area contributed by atoms with E-state index in [4.69, 9.17) is 0 Å². The molecule has 3 aromatic rings. The Bertz CT molecular complexity index is 1170. The molecule has 0 aliphatic heterocycles. The van der Waals surface area contributed by atoms with Crippen LogP contribution in [0.15, 0.2) is 59.6 Å². The van der Waals surface area contributed by atoms with E-state index >= 15 is 0 Å². The summed E-state index contributed by atoms with van der Waals surface area (Å²) < 4.78 is 0. The van der Waals surface area contributed by atoms with Crippen LogP contribution in [0.3, 0.4) is 0 Å². The van der Waals surface area contributed by atoms with Crippen molar-refractivity contribution in [2.75, 3.05) is 25.0 Å². The molecule has 0 heterocycles. The van der Waals surface area contributed by atoms with Crippen molar-refractivity contribution in [3.63, 3.8) is 0 Å². The van der Waals surface area contributed by atoms with Gasteiger partial charge in [0.1, 0.15) is 17.2 Å². The molecule has 0 saturated heterocycles. The normalized spacial score (nSPS) is 11.2. The monoisotopic (exact) mass is 566 g/mol. The van der Waals surface area contributed by atoms with E-state index in [1.165, 1.54) is 44.8 Å². The maximum absolute atomic E-state index is 12.5. The number of nitrogens with one attached hydrogen (secondary N) is 1. The Morgan fingerprint density at radius 1 is 0.868 bits per heavy atom. The van der Waals surface area contributed by atoms with Crippen LogP contribution in [-0.4, -0.2) is 46.9 Å². The van der Waals surface area contributed by atoms with E-state index in [1.807, 2.05) is 30.3 Å². The second-order valence-corrected chi connectivity index (χ2v) is 9.59. The molecule has 3 aromatic carbocycles. The number of hydrogen-bond donors (Lipinski definition) is 3. The van der Waals surface area contributed by atoms with Crippen molar-refractivity contribution in [2.24, 2.45) is 4.99 Å². The molecule has 0 aromatic heterocycles. The first-order valence-corrected chi connectivity index (χ1v) is 13.6. The van der Waals surface area contributed by atoms with Crippen molar-refractivity contribution >= 4 is 34.3 Å². The largest absolute Gasteiger partial charge is 0.507 e. The third kappa shape index (κ3) is 9.79. The Kier molecular flexibility index (Phi) is 13.9. The molecule has 0 aliphatic rings. The van der Waals surface area contributed by atoms with Crippen molar-refractivity contribution < 1.29 is 32.1 Å². The minimum atomic E-state index is -0.0406. The zero-order valence-electron chi connectivity index (χ0n) is 22.6. The summed E-state index contributed by atoms with van der Waals surface area (Å²) in [5, 5.41) is 25.4. The molecule has 0 bridgehead atoms. The molecule has 6 nitrogen and oxygen atoms in total. The predicted molar refractivity (Wildman–Crippen MR) is 154 cm³/mol. The molecule has 1 radical (unpaired) electrons. The summed E-state index contributed by atoms with van der Waals surface area (Å²) in [6.07, 6.45) is 9.93. The summed E-state index contributed by atoms with van der Waals surface area (Å²) in [5.41, 5.74) is 1.49. The fraction of sp³-hybridized carbons (Fsp3) is 0.419. The zero-order chi connectivity index (χ0) is 26.5. The molecular weight excluding hydrogens is 526 g/mol. The molecule has 1 amide bonds. The number of unbranched alkanes of at least 4 members (excludes halogenated alkanes) is 4. The minimum absolute atomic E-state index is 0. The number of hydrogen-bond acceptors (Lipinski definition) is 5. The average molecular weight is 567 g/mol. The number of carbonyl (C=O) groups is 1. The number of benzene rings is 3. The Labute approximate surface area is 237 Å². The van der Waals surface area contributed by atoms with Crippen molar-refractivity contribution in [3.8, 4) is 11.5 Å². The van der Waals surface area contributed by atoms with Crippen molar-refractivity contribution in [3.05, 3.63) is 60.2 Å². The van der Waals surface area contributed by atoms with Gasteiger partial charge < -0.3 is 20.4 Å². The Hall–Kier alpha value is -2.86. The van der Waals surface area contributed by atoms with Crippen LogP contribution in [0.4, 0.5) is 11.4 Å². The van der Waals surface area contributed by atoms with Gasteiger partial charge >= 0.3 is 0 Å². The molecule has 3 N–H and O–H groups in total. The van der Waals surface area contributed by atoms with Crippen LogP contribution >= 0.6 is 0 Å². The summed E-state index contributed by atoms with van der Waals surface area (Å²) >= 11 is 0. The summed E-state index contributed by atoms with van der Waals surface area (Å²) in [6, 6.07) is 16.0. The molecule has 38 heavy (non-hydrogen) atoms. The summed E-state index contributed by atoms with van der Waals surface area (Å²) in [7, 11) is 0. The number of phenolic OH excluding ortho intramolecular Hbond substituents is 2. The van der Waals surface area contributed by atoms with E-state index in [-0.39, 0.29) is 34.5 Å². The van der Waals surface area contributed by atoms with Crippen LogP contribution in [-0.2, 0) is 21.9 Å². The Morgan fingerprint density at radius 3 is 2.29 bits per heavy atom. The third-order valence-electron chi connectivity index (χ3n) is 6.57. The van der Waals surface area contributed by atoms with Crippen LogP contribution < -0.4 is 5.32 Å². The van der Waals surface area contributed by atoms with Crippen LogP contribution in [0.5, 0.6) is 11.5 Å². The second-order valence-electron chi connectivity index (χ2n) is 9.59. The van der Waals surface area contributed by atoms with E-state index in [2.05, 4.69) is 29.1 Å². The van der Waals surface area contributed by atoms with E-state index in [0.717, 1.165) is 36.6 Å². The van der Waals surface area contributed by atoms with Gasteiger partial charge in [-0.2, -0.15) is 0 Å². The maximum Gasteiger partial charge on any atom is 0.224 e. The maximum atomic E-state index is 12.5. The summed E-state index contributed by atoms with van der Waals surface area (Å²) in [5.74, 6) is 0.0797. The van der Waals surface area contributed by atoms with Crippen LogP contribution in [0.1, 0.15) is 70.8 Å². The van der Waals surface area contributed by atoms with Gasteiger partial charge in [0.15, 0.2) is 0 Å². The van der Waals surface area contributed by atoms with Crippen LogP contribution in [0.25, 0.3) is 10.8 Å². The van der Waals surface area contributed by atoms with Gasteiger partial charge in [-0.3, -0.25) is 9.79 Å². The number of carbonyl (C=O) groups excluding carboxylic acids is 1. The summed E-state index contributed by atoms with van der Waals surface area (Å²) in [6.45, 7) is 7.91. The van der Waals surface area contributed by atoms with Crippen molar-refractivity contribution in [2.45, 2.75) is 65.2 Å². The topological polar surface area (TPSA) is 85.2 Å². The van der Waals surface area contributed by atoms with Crippen molar-refractivity contribution in [1.82, 2.24) is 4.90 Å². The molecule has 7 heteroatoms. The molecule has 0 aliphatic carbocycles. The molecule has 0 atom stereocenters. The van der Waals surface area contributed by atoms with Crippen molar-refractivity contribution in [1.29, 1.82) is 0 Å².